The van der Waals surface area contributed by atoms with Crippen molar-refractivity contribution < 1.29 is 17.4 Å². The fourth-order valence-electron chi connectivity index (χ4n) is 1.37. The van der Waals surface area contributed by atoms with Crippen molar-refractivity contribution >= 4 is 20.6 Å². The maximum Gasteiger partial charge on any atom is 0.294 e. The monoisotopic (exact) mass is 258 g/mol. The van der Waals surface area contributed by atoms with Crippen molar-refractivity contribution in [2.45, 2.75) is 10.8 Å². The first-order valence-corrected chi connectivity index (χ1v) is 6.93. The van der Waals surface area contributed by atoms with Crippen LogP contribution in [0.1, 0.15) is 11.5 Å². The van der Waals surface area contributed by atoms with Gasteiger partial charge in [0, 0.05) is 12.5 Å². The summed E-state index contributed by atoms with van der Waals surface area (Å²) in [5.41, 5.74) is 0.915. The van der Waals surface area contributed by atoms with Gasteiger partial charge in [-0.15, -0.1) is 6.58 Å². The highest BCUT2D eigenvalue weighted by Crippen LogP contribution is 2.19. The van der Waals surface area contributed by atoms with E-state index in [4.69, 9.17) is 8.98 Å². The average molecular weight is 258 g/mol. The Bertz CT molecular complexity index is 452. The average Bonchev–Trinajstić information content (AvgIpc) is 2.25. The van der Waals surface area contributed by atoms with Crippen molar-refractivity contribution in [1.29, 1.82) is 0 Å². The van der Waals surface area contributed by atoms with Gasteiger partial charge >= 0.3 is 0 Å². The zero-order valence-electron chi connectivity index (χ0n) is 8.96. The summed E-state index contributed by atoms with van der Waals surface area (Å²) in [6, 6.07) is 6.04. The molecule has 0 saturated carbocycles. The summed E-state index contributed by atoms with van der Waals surface area (Å²) < 4.78 is 35.6. The van der Waals surface area contributed by atoms with Gasteiger partial charge in [-0.25, -0.2) is 0 Å². The largest absolute Gasteiger partial charge is 0.427 e. The summed E-state index contributed by atoms with van der Waals surface area (Å²) in [6.45, 7) is 4.24. The van der Waals surface area contributed by atoms with Gasteiger partial charge in [0.05, 0.1) is 4.90 Å². The van der Waals surface area contributed by atoms with Crippen LogP contribution in [0.4, 0.5) is 0 Å². The van der Waals surface area contributed by atoms with Crippen molar-refractivity contribution in [1.82, 2.24) is 0 Å². The third-order valence-corrected chi connectivity index (χ3v) is 3.44. The molecule has 0 radical (unpaired) electrons. The summed E-state index contributed by atoms with van der Waals surface area (Å²) >= 11 is 0. The standard InChI is InChI=1S/C10H14O4SSi/c1-2-8(7-14-16)9-3-5-10(6-4-9)15(11,12)13/h2-6,8H,1,7H2,16H3,(H,11,12,13). The Kier molecular flexibility index (Phi) is 4.42. The smallest absolute Gasteiger partial charge is 0.294 e. The molecule has 1 rings (SSSR count). The highest BCUT2D eigenvalue weighted by molar-refractivity contribution is 7.85. The molecule has 4 nitrogen and oxygen atoms in total. The molecule has 0 aliphatic rings. The van der Waals surface area contributed by atoms with E-state index in [2.05, 4.69) is 6.58 Å². The van der Waals surface area contributed by atoms with E-state index in [-0.39, 0.29) is 10.8 Å². The number of rotatable bonds is 5. The Morgan fingerprint density at radius 1 is 1.44 bits per heavy atom. The van der Waals surface area contributed by atoms with E-state index in [0.717, 1.165) is 5.56 Å². The second-order valence-corrected chi connectivity index (χ2v) is 5.34. The molecule has 0 fully saturated rings. The lowest BCUT2D eigenvalue weighted by Crippen LogP contribution is -2.04. The van der Waals surface area contributed by atoms with E-state index in [1.54, 1.807) is 18.2 Å². The van der Waals surface area contributed by atoms with E-state index in [1.807, 2.05) is 0 Å². The zero-order valence-corrected chi connectivity index (χ0v) is 11.8. The normalized spacial score (nSPS) is 13.6. The molecule has 6 heteroatoms. The van der Waals surface area contributed by atoms with E-state index >= 15 is 0 Å². The highest BCUT2D eigenvalue weighted by atomic mass is 32.2. The minimum absolute atomic E-state index is 0.0490. The van der Waals surface area contributed by atoms with Gasteiger partial charge in [0.25, 0.3) is 10.1 Å². The van der Waals surface area contributed by atoms with E-state index in [0.29, 0.717) is 17.1 Å². The molecule has 16 heavy (non-hydrogen) atoms. The van der Waals surface area contributed by atoms with Crippen LogP contribution < -0.4 is 0 Å². The second-order valence-electron chi connectivity index (χ2n) is 3.34. The van der Waals surface area contributed by atoms with Crippen LogP contribution in [0.15, 0.2) is 41.8 Å². The molecule has 0 heterocycles. The van der Waals surface area contributed by atoms with Gasteiger partial charge in [0.2, 0.25) is 0 Å². The van der Waals surface area contributed by atoms with E-state index < -0.39 is 10.1 Å². The minimum Gasteiger partial charge on any atom is -0.427 e. The van der Waals surface area contributed by atoms with Crippen LogP contribution in [0, 0.1) is 0 Å². The van der Waals surface area contributed by atoms with Gasteiger partial charge in [-0.05, 0) is 17.7 Å². The van der Waals surface area contributed by atoms with Gasteiger partial charge in [-0.3, -0.25) is 4.55 Å². The first kappa shape index (κ1) is 13.1. The molecule has 0 amide bonds. The summed E-state index contributed by atoms with van der Waals surface area (Å²) in [6.07, 6.45) is 1.75. The molecule has 1 unspecified atom stereocenters. The van der Waals surface area contributed by atoms with Crippen molar-refractivity contribution in [3.05, 3.63) is 42.5 Å². The molecule has 1 aromatic carbocycles. The lowest BCUT2D eigenvalue weighted by molar-refractivity contribution is 0.336. The van der Waals surface area contributed by atoms with Crippen LogP contribution in [0.25, 0.3) is 0 Å². The predicted octanol–water partition coefficient (Wildman–Crippen LogP) is 0.500. The molecule has 0 spiro atoms. The third kappa shape index (κ3) is 3.27. The van der Waals surface area contributed by atoms with Gasteiger partial charge in [-0.1, -0.05) is 18.2 Å². The van der Waals surface area contributed by atoms with Crippen LogP contribution in [-0.2, 0) is 14.5 Å². The Labute approximate surface area is 98.2 Å². The van der Waals surface area contributed by atoms with Crippen LogP contribution in [0.3, 0.4) is 0 Å². The molecule has 1 atom stereocenters. The Morgan fingerprint density at radius 2 is 2.00 bits per heavy atom. The third-order valence-electron chi connectivity index (χ3n) is 2.24. The highest BCUT2D eigenvalue weighted by Gasteiger charge is 2.11. The molecule has 1 N–H and O–H groups in total. The van der Waals surface area contributed by atoms with Crippen molar-refractivity contribution in [3.8, 4) is 0 Å². The molecular weight excluding hydrogens is 244 g/mol. The summed E-state index contributed by atoms with van der Waals surface area (Å²) in [5, 5.41) is 0. The summed E-state index contributed by atoms with van der Waals surface area (Å²) in [4.78, 5) is -0.106. The van der Waals surface area contributed by atoms with Crippen molar-refractivity contribution in [3.63, 3.8) is 0 Å². The first-order chi connectivity index (χ1) is 7.49. The molecule has 88 valence electrons. The first-order valence-electron chi connectivity index (χ1n) is 4.68. The van der Waals surface area contributed by atoms with Crippen molar-refractivity contribution in [2.75, 3.05) is 6.61 Å². The van der Waals surface area contributed by atoms with Gasteiger partial charge in [0.15, 0.2) is 0 Å². The maximum absolute atomic E-state index is 10.8. The van der Waals surface area contributed by atoms with Crippen LogP contribution in [0.5, 0.6) is 0 Å². The van der Waals surface area contributed by atoms with Crippen molar-refractivity contribution in [2.24, 2.45) is 0 Å². The molecule has 0 aliphatic heterocycles. The maximum atomic E-state index is 10.8. The van der Waals surface area contributed by atoms with Gasteiger partial charge in [0.1, 0.15) is 10.5 Å². The van der Waals surface area contributed by atoms with Crippen LogP contribution >= 0.6 is 0 Å². The fraction of sp³-hybridized carbons (Fsp3) is 0.200. The lowest BCUT2D eigenvalue weighted by atomic mass is 10.0. The van der Waals surface area contributed by atoms with Gasteiger partial charge < -0.3 is 4.43 Å². The zero-order chi connectivity index (χ0) is 12.2. The molecule has 0 aromatic heterocycles. The van der Waals surface area contributed by atoms with E-state index in [9.17, 15) is 8.42 Å². The minimum atomic E-state index is -4.11. The molecule has 0 bridgehead atoms. The molecule has 0 aliphatic carbocycles. The second kappa shape index (κ2) is 5.40. The van der Waals surface area contributed by atoms with Crippen LogP contribution in [-0.4, -0.2) is 30.1 Å². The Morgan fingerprint density at radius 3 is 2.38 bits per heavy atom. The summed E-state index contributed by atoms with van der Waals surface area (Å²) in [7, 11) is -3.46. The number of hydrogen-bond acceptors (Lipinski definition) is 3. The van der Waals surface area contributed by atoms with E-state index in [1.165, 1.54) is 12.1 Å². The molecule has 1 aromatic rings. The van der Waals surface area contributed by atoms with Gasteiger partial charge in [-0.2, -0.15) is 8.42 Å². The quantitative estimate of drug-likeness (QED) is 0.474. The predicted molar refractivity (Wildman–Crippen MR) is 65.1 cm³/mol. The molecular formula is C10H14O4SSi. The fourth-order valence-corrected chi connectivity index (χ4v) is 2.21. The SMILES string of the molecule is C=CC(CO[SiH3])c1ccc(S(=O)(=O)O)cc1. The Balaban J connectivity index is 2.98. The summed E-state index contributed by atoms with van der Waals surface area (Å²) in [5.74, 6) is 0.0490. The topological polar surface area (TPSA) is 63.6 Å². The number of hydrogen-bond donors (Lipinski definition) is 1. The lowest BCUT2D eigenvalue weighted by Gasteiger charge is -2.12. The van der Waals surface area contributed by atoms with Crippen LogP contribution in [0.2, 0.25) is 0 Å². The number of benzene rings is 1. The molecule has 0 saturated heterocycles. The Hall–Kier alpha value is -0.953.